The Bertz CT molecular complexity index is 831. The third kappa shape index (κ3) is 2.80. The molecule has 3 aromatic rings. The standard InChI is InChI=1S/C18H21N5O/c1-12(23-9-2-3-10-23)13-5-4-6-14(11-13)15-7-8-16(24-15)17-20-18(19)22-21-17/h4-8,11-12H,2-3,9-10H2,1H3,(H3,19,20,21,22). The lowest BCUT2D eigenvalue weighted by Gasteiger charge is -2.24. The zero-order valence-corrected chi connectivity index (χ0v) is 13.7. The highest BCUT2D eigenvalue weighted by molar-refractivity contribution is 5.62. The molecule has 1 fully saturated rings. The third-order valence-electron chi connectivity index (χ3n) is 4.68. The number of nitrogens with zero attached hydrogens (tertiary/aromatic N) is 3. The van der Waals surface area contributed by atoms with Gasteiger partial charge in [0.2, 0.25) is 5.95 Å². The van der Waals surface area contributed by atoms with Crippen LogP contribution in [0.25, 0.3) is 22.9 Å². The van der Waals surface area contributed by atoms with E-state index < -0.39 is 0 Å². The Morgan fingerprint density at radius 3 is 2.71 bits per heavy atom. The molecule has 0 saturated carbocycles. The molecule has 0 bridgehead atoms. The minimum atomic E-state index is 0.212. The molecule has 0 amide bonds. The highest BCUT2D eigenvalue weighted by Crippen LogP contribution is 2.31. The molecule has 0 aliphatic carbocycles. The first kappa shape index (κ1) is 15.0. The number of likely N-dealkylation sites (tertiary alicyclic amines) is 1. The van der Waals surface area contributed by atoms with Crippen molar-refractivity contribution in [1.82, 2.24) is 20.1 Å². The van der Waals surface area contributed by atoms with E-state index in [0.29, 0.717) is 17.6 Å². The number of H-pyrrole nitrogens is 1. The number of benzene rings is 1. The number of furan rings is 1. The van der Waals surface area contributed by atoms with Gasteiger partial charge >= 0.3 is 0 Å². The number of aromatic nitrogens is 3. The Labute approximate surface area is 140 Å². The van der Waals surface area contributed by atoms with Gasteiger partial charge in [0.25, 0.3) is 0 Å². The van der Waals surface area contributed by atoms with Crippen LogP contribution in [-0.4, -0.2) is 33.2 Å². The van der Waals surface area contributed by atoms with Gasteiger partial charge in [-0.2, -0.15) is 4.98 Å². The molecule has 2 aromatic heterocycles. The van der Waals surface area contributed by atoms with Gasteiger partial charge in [-0.1, -0.05) is 18.2 Å². The average Bonchev–Trinajstić information content (AvgIpc) is 3.35. The molecule has 4 rings (SSSR count). The first-order chi connectivity index (χ1) is 11.7. The minimum absolute atomic E-state index is 0.212. The van der Waals surface area contributed by atoms with Gasteiger partial charge in [-0.05, 0) is 56.6 Å². The summed E-state index contributed by atoms with van der Waals surface area (Å²) >= 11 is 0. The molecule has 0 radical (unpaired) electrons. The molecule has 1 saturated heterocycles. The van der Waals surface area contributed by atoms with Crippen LogP contribution in [0.3, 0.4) is 0 Å². The molecule has 24 heavy (non-hydrogen) atoms. The van der Waals surface area contributed by atoms with Crippen molar-refractivity contribution in [2.24, 2.45) is 0 Å². The molecule has 1 unspecified atom stereocenters. The van der Waals surface area contributed by atoms with E-state index in [1.54, 1.807) is 0 Å². The molecule has 124 valence electrons. The SMILES string of the molecule is CC(c1cccc(-c2ccc(-c3nc(N)n[nH]3)o2)c1)N1CCCC1. The molecule has 3 heterocycles. The molecule has 6 nitrogen and oxygen atoms in total. The average molecular weight is 323 g/mol. The van der Waals surface area contributed by atoms with Crippen LogP contribution >= 0.6 is 0 Å². The summed E-state index contributed by atoms with van der Waals surface area (Å²) in [5.74, 6) is 2.20. The van der Waals surface area contributed by atoms with Crippen molar-refractivity contribution in [2.75, 3.05) is 18.8 Å². The van der Waals surface area contributed by atoms with Crippen LogP contribution in [0.5, 0.6) is 0 Å². The van der Waals surface area contributed by atoms with E-state index in [9.17, 15) is 0 Å². The molecule has 3 N–H and O–H groups in total. The van der Waals surface area contributed by atoms with Gasteiger partial charge in [0.1, 0.15) is 5.76 Å². The summed E-state index contributed by atoms with van der Waals surface area (Å²) in [6, 6.07) is 12.8. The third-order valence-corrected chi connectivity index (χ3v) is 4.68. The number of aromatic amines is 1. The van der Waals surface area contributed by atoms with E-state index in [1.165, 1.54) is 31.5 Å². The van der Waals surface area contributed by atoms with Gasteiger partial charge in [-0.15, -0.1) is 5.10 Å². The van der Waals surface area contributed by atoms with Crippen molar-refractivity contribution in [3.63, 3.8) is 0 Å². The lowest BCUT2D eigenvalue weighted by atomic mass is 10.0. The van der Waals surface area contributed by atoms with Crippen LogP contribution in [0.2, 0.25) is 0 Å². The van der Waals surface area contributed by atoms with Gasteiger partial charge in [0, 0.05) is 11.6 Å². The zero-order valence-electron chi connectivity index (χ0n) is 13.7. The van der Waals surface area contributed by atoms with E-state index in [-0.39, 0.29) is 5.95 Å². The molecule has 1 aromatic carbocycles. The Morgan fingerprint density at radius 1 is 1.17 bits per heavy atom. The summed E-state index contributed by atoms with van der Waals surface area (Å²) in [7, 11) is 0. The highest BCUT2D eigenvalue weighted by atomic mass is 16.3. The number of nitrogens with one attached hydrogen (secondary N) is 1. The molecule has 1 atom stereocenters. The fourth-order valence-electron chi connectivity index (χ4n) is 3.30. The van der Waals surface area contributed by atoms with Crippen molar-refractivity contribution in [1.29, 1.82) is 0 Å². The second-order valence-electron chi connectivity index (χ2n) is 6.25. The first-order valence-electron chi connectivity index (χ1n) is 8.33. The van der Waals surface area contributed by atoms with Gasteiger partial charge in [0.05, 0.1) is 0 Å². The summed E-state index contributed by atoms with van der Waals surface area (Å²) < 4.78 is 5.93. The summed E-state index contributed by atoms with van der Waals surface area (Å²) in [6.07, 6.45) is 2.60. The first-order valence-corrected chi connectivity index (χ1v) is 8.33. The van der Waals surface area contributed by atoms with Gasteiger partial charge < -0.3 is 10.2 Å². The Balaban J connectivity index is 1.60. The van der Waals surface area contributed by atoms with E-state index in [0.717, 1.165) is 11.3 Å². The van der Waals surface area contributed by atoms with E-state index in [1.807, 2.05) is 12.1 Å². The predicted octanol–water partition coefficient (Wildman–Crippen LogP) is 3.47. The number of hydrogen-bond acceptors (Lipinski definition) is 5. The predicted molar refractivity (Wildman–Crippen MR) is 93.2 cm³/mol. The summed E-state index contributed by atoms with van der Waals surface area (Å²) in [6.45, 7) is 4.64. The fraction of sp³-hybridized carbons (Fsp3) is 0.333. The Morgan fingerprint density at radius 2 is 1.96 bits per heavy atom. The van der Waals surface area contributed by atoms with E-state index in [4.69, 9.17) is 10.2 Å². The van der Waals surface area contributed by atoms with Crippen LogP contribution in [-0.2, 0) is 0 Å². The smallest absolute Gasteiger partial charge is 0.239 e. The van der Waals surface area contributed by atoms with Crippen molar-refractivity contribution in [3.05, 3.63) is 42.0 Å². The molecule has 1 aliphatic heterocycles. The fourth-order valence-corrected chi connectivity index (χ4v) is 3.30. The van der Waals surface area contributed by atoms with Gasteiger partial charge in [0.15, 0.2) is 11.6 Å². The van der Waals surface area contributed by atoms with Crippen molar-refractivity contribution in [3.8, 4) is 22.9 Å². The van der Waals surface area contributed by atoms with Gasteiger partial charge in [-0.3, -0.25) is 10.00 Å². The minimum Gasteiger partial charge on any atom is -0.453 e. The molecule has 1 aliphatic rings. The van der Waals surface area contributed by atoms with Crippen molar-refractivity contribution < 1.29 is 4.42 Å². The number of nitrogen functional groups attached to an aromatic ring is 1. The maximum absolute atomic E-state index is 5.93. The number of hydrogen-bond donors (Lipinski definition) is 2. The van der Waals surface area contributed by atoms with Crippen LogP contribution in [0.4, 0.5) is 5.95 Å². The maximum Gasteiger partial charge on any atom is 0.239 e. The zero-order chi connectivity index (χ0) is 16.5. The lowest BCUT2D eigenvalue weighted by Crippen LogP contribution is -2.23. The van der Waals surface area contributed by atoms with Gasteiger partial charge in [-0.25, -0.2) is 0 Å². The Kier molecular flexibility index (Phi) is 3.82. The molecule has 6 heteroatoms. The van der Waals surface area contributed by atoms with E-state index in [2.05, 4.69) is 51.3 Å². The monoisotopic (exact) mass is 323 g/mol. The molecule has 0 spiro atoms. The summed E-state index contributed by atoms with van der Waals surface area (Å²) in [5, 5.41) is 6.60. The number of anilines is 1. The quantitative estimate of drug-likeness (QED) is 0.768. The highest BCUT2D eigenvalue weighted by Gasteiger charge is 2.20. The van der Waals surface area contributed by atoms with Crippen LogP contribution in [0.1, 0.15) is 31.4 Å². The van der Waals surface area contributed by atoms with Crippen molar-refractivity contribution >= 4 is 5.95 Å². The summed E-state index contributed by atoms with van der Waals surface area (Å²) in [4.78, 5) is 6.63. The largest absolute Gasteiger partial charge is 0.453 e. The van der Waals surface area contributed by atoms with E-state index >= 15 is 0 Å². The molecular weight excluding hydrogens is 302 g/mol. The summed E-state index contributed by atoms with van der Waals surface area (Å²) in [5.41, 5.74) is 7.93. The van der Waals surface area contributed by atoms with Crippen LogP contribution in [0, 0.1) is 0 Å². The van der Waals surface area contributed by atoms with Crippen molar-refractivity contribution in [2.45, 2.75) is 25.8 Å². The van der Waals surface area contributed by atoms with Crippen LogP contribution < -0.4 is 5.73 Å². The number of nitrogens with two attached hydrogens (primary N) is 1. The maximum atomic E-state index is 5.93. The second kappa shape index (κ2) is 6.13. The normalized spacial score (nSPS) is 16.5. The lowest BCUT2D eigenvalue weighted by molar-refractivity contribution is 0.263. The van der Waals surface area contributed by atoms with Crippen LogP contribution in [0.15, 0.2) is 40.8 Å². The molecular formula is C18H21N5O. The second-order valence-corrected chi connectivity index (χ2v) is 6.25. The topological polar surface area (TPSA) is 84.0 Å². The Hall–Kier alpha value is -2.60. The number of rotatable bonds is 4.